The second-order valence-electron chi connectivity index (χ2n) is 5.17. The first-order valence-corrected chi connectivity index (χ1v) is 6.81. The van der Waals surface area contributed by atoms with Gasteiger partial charge in [0.1, 0.15) is 0 Å². The number of nitrogens with zero attached hydrogens (tertiary/aromatic N) is 1. The maximum Gasteiger partial charge on any atom is 0.0237 e. The van der Waals surface area contributed by atoms with Gasteiger partial charge in [0.2, 0.25) is 0 Å². The number of piperazine rings is 1. The molecule has 1 saturated heterocycles. The highest BCUT2D eigenvalue weighted by Crippen LogP contribution is 2.15. The largest absolute Gasteiger partial charge is 0.311 e. The third-order valence-corrected chi connectivity index (χ3v) is 3.58. The SMILES string of the molecule is CCCC1CNC(C)CN1Cc1ccccc1. The Bertz CT molecular complexity index is 323. The summed E-state index contributed by atoms with van der Waals surface area (Å²) in [4.78, 5) is 2.64. The highest BCUT2D eigenvalue weighted by molar-refractivity contribution is 5.14. The zero-order chi connectivity index (χ0) is 12.1. The van der Waals surface area contributed by atoms with Gasteiger partial charge in [-0.1, -0.05) is 43.7 Å². The number of benzene rings is 1. The Labute approximate surface area is 105 Å². The van der Waals surface area contributed by atoms with Crippen LogP contribution in [0, 0.1) is 0 Å². The van der Waals surface area contributed by atoms with Gasteiger partial charge < -0.3 is 5.32 Å². The molecule has 0 amide bonds. The molecule has 2 rings (SSSR count). The van der Waals surface area contributed by atoms with E-state index in [0.717, 1.165) is 13.1 Å². The molecule has 2 atom stereocenters. The van der Waals surface area contributed by atoms with Gasteiger partial charge in [0.05, 0.1) is 0 Å². The Kier molecular flexibility index (Phi) is 4.57. The van der Waals surface area contributed by atoms with E-state index in [1.54, 1.807) is 0 Å². The van der Waals surface area contributed by atoms with E-state index < -0.39 is 0 Å². The summed E-state index contributed by atoms with van der Waals surface area (Å²) in [6.07, 6.45) is 2.57. The highest BCUT2D eigenvalue weighted by atomic mass is 15.2. The minimum absolute atomic E-state index is 0.617. The fourth-order valence-electron chi connectivity index (χ4n) is 2.66. The van der Waals surface area contributed by atoms with Crippen LogP contribution in [0.3, 0.4) is 0 Å². The van der Waals surface area contributed by atoms with Crippen molar-refractivity contribution in [3.63, 3.8) is 0 Å². The smallest absolute Gasteiger partial charge is 0.0237 e. The van der Waals surface area contributed by atoms with Crippen molar-refractivity contribution in [2.75, 3.05) is 13.1 Å². The molecule has 0 aromatic heterocycles. The summed E-state index contributed by atoms with van der Waals surface area (Å²) >= 11 is 0. The average molecular weight is 232 g/mol. The van der Waals surface area contributed by atoms with Gasteiger partial charge in [-0.25, -0.2) is 0 Å². The molecule has 0 saturated carbocycles. The molecule has 1 aliphatic heterocycles. The van der Waals surface area contributed by atoms with Gasteiger partial charge in [-0.15, -0.1) is 0 Å². The Morgan fingerprint density at radius 2 is 2.06 bits per heavy atom. The lowest BCUT2D eigenvalue weighted by molar-refractivity contribution is 0.120. The van der Waals surface area contributed by atoms with E-state index >= 15 is 0 Å². The molecule has 0 spiro atoms. The highest BCUT2D eigenvalue weighted by Gasteiger charge is 2.24. The van der Waals surface area contributed by atoms with Crippen LogP contribution in [0.5, 0.6) is 0 Å². The molecule has 94 valence electrons. The predicted molar refractivity (Wildman–Crippen MR) is 73.0 cm³/mol. The molecule has 0 radical (unpaired) electrons. The lowest BCUT2D eigenvalue weighted by atomic mass is 10.0. The Hall–Kier alpha value is -0.860. The molecule has 2 unspecified atom stereocenters. The average Bonchev–Trinajstić information content (AvgIpc) is 2.34. The normalized spacial score (nSPS) is 26.0. The van der Waals surface area contributed by atoms with Crippen LogP contribution in [0.4, 0.5) is 0 Å². The van der Waals surface area contributed by atoms with Crippen molar-refractivity contribution in [3.8, 4) is 0 Å². The lowest BCUT2D eigenvalue weighted by Crippen LogP contribution is -2.54. The van der Waals surface area contributed by atoms with Gasteiger partial charge in [0, 0.05) is 31.7 Å². The topological polar surface area (TPSA) is 15.3 Å². The molecule has 1 N–H and O–H groups in total. The van der Waals surface area contributed by atoms with Crippen LogP contribution in [0.15, 0.2) is 30.3 Å². The first-order valence-electron chi connectivity index (χ1n) is 6.81. The van der Waals surface area contributed by atoms with E-state index in [4.69, 9.17) is 0 Å². The van der Waals surface area contributed by atoms with Crippen LogP contribution in [-0.2, 0) is 6.54 Å². The number of nitrogens with one attached hydrogen (secondary N) is 1. The molecule has 1 heterocycles. The van der Waals surface area contributed by atoms with Crippen molar-refractivity contribution in [1.82, 2.24) is 10.2 Å². The van der Waals surface area contributed by atoms with Crippen LogP contribution in [-0.4, -0.2) is 30.1 Å². The molecule has 2 nitrogen and oxygen atoms in total. The van der Waals surface area contributed by atoms with Crippen LogP contribution < -0.4 is 5.32 Å². The predicted octanol–water partition coefficient (Wildman–Crippen LogP) is 2.65. The second kappa shape index (κ2) is 6.18. The lowest BCUT2D eigenvalue weighted by Gasteiger charge is -2.39. The molecule has 0 bridgehead atoms. The standard InChI is InChI=1S/C15H24N2/c1-3-7-15-10-16-13(2)11-17(15)12-14-8-5-4-6-9-14/h4-6,8-9,13,15-16H,3,7,10-12H2,1-2H3. The molecule has 17 heavy (non-hydrogen) atoms. The molecule has 1 aromatic carbocycles. The van der Waals surface area contributed by atoms with Crippen molar-refractivity contribution < 1.29 is 0 Å². The van der Waals surface area contributed by atoms with Crippen LogP contribution in [0.2, 0.25) is 0 Å². The summed E-state index contributed by atoms with van der Waals surface area (Å²) in [6, 6.07) is 12.1. The first-order chi connectivity index (χ1) is 8.29. The summed E-state index contributed by atoms with van der Waals surface area (Å²) < 4.78 is 0. The minimum atomic E-state index is 0.617. The fraction of sp³-hybridized carbons (Fsp3) is 0.600. The number of hydrogen-bond donors (Lipinski definition) is 1. The zero-order valence-electron chi connectivity index (χ0n) is 11.0. The van der Waals surface area contributed by atoms with Gasteiger partial charge in [-0.2, -0.15) is 0 Å². The van der Waals surface area contributed by atoms with E-state index in [2.05, 4.69) is 54.4 Å². The molecule has 0 aliphatic carbocycles. The Balaban J connectivity index is 1.99. The van der Waals surface area contributed by atoms with E-state index in [1.165, 1.54) is 24.9 Å². The summed E-state index contributed by atoms with van der Waals surface area (Å²) in [7, 11) is 0. The zero-order valence-corrected chi connectivity index (χ0v) is 11.0. The van der Waals surface area contributed by atoms with E-state index in [9.17, 15) is 0 Å². The Morgan fingerprint density at radius 1 is 1.29 bits per heavy atom. The second-order valence-corrected chi connectivity index (χ2v) is 5.17. The van der Waals surface area contributed by atoms with Gasteiger partial charge in [-0.05, 0) is 18.9 Å². The molecular weight excluding hydrogens is 208 g/mol. The van der Waals surface area contributed by atoms with Gasteiger partial charge in [0.25, 0.3) is 0 Å². The molecular formula is C15H24N2. The molecule has 1 aromatic rings. The first kappa shape index (κ1) is 12.6. The third-order valence-electron chi connectivity index (χ3n) is 3.58. The van der Waals surface area contributed by atoms with Crippen molar-refractivity contribution in [2.45, 2.75) is 45.3 Å². The summed E-state index contributed by atoms with van der Waals surface area (Å²) in [5, 5.41) is 3.59. The monoisotopic (exact) mass is 232 g/mol. The molecule has 1 aliphatic rings. The van der Waals surface area contributed by atoms with Gasteiger partial charge in [0.15, 0.2) is 0 Å². The third kappa shape index (κ3) is 3.55. The van der Waals surface area contributed by atoms with Gasteiger partial charge in [-0.3, -0.25) is 4.90 Å². The van der Waals surface area contributed by atoms with Crippen molar-refractivity contribution in [2.24, 2.45) is 0 Å². The summed E-state index contributed by atoms with van der Waals surface area (Å²) in [5.74, 6) is 0. The maximum absolute atomic E-state index is 3.59. The maximum atomic E-state index is 3.59. The fourth-order valence-corrected chi connectivity index (χ4v) is 2.66. The van der Waals surface area contributed by atoms with E-state index in [1.807, 2.05) is 0 Å². The van der Waals surface area contributed by atoms with Crippen LogP contribution >= 0.6 is 0 Å². The minimum Gasteiger partial charge on any atom is -0.311 e. The van der Waals surface area contributed by atoms with Crippen molar-refractivity contribution in [3.05, 3.63) is 35.9 Å². The van der Waals surface area contributed by atoms with E-state index in [0.29, 0.717) is 12.1 Å². The van der Waals surface area contributed by atoms with E-state index in [-0.39, 0.29) is 0 Å². The number of hydrogen-bond acceptors (Lipinski definition) is 2. The van der Waals surface area contributed by atoms with Crippen LogP contribution in [0.25, 0.3) is 0 Å². The van der Waals surface area contributed by atoms with Crippen LogP contribution in [0.1, 0.15) is 32.3 Å². The summed E-state index contributed by atoms with van der Waals surface area (Å²) in [6.45, 7) is 7.96. The molecule has 2 heteroatoms. The van der Waals surface area contributed by atoms with Gasteiger partial charge >= 0.3 is 0 Å². The Morgan fingerprint density at radius 3 is 2.76 bits per heavy atom. The molecule has 1 fully saturated rings. The van der Waals surface area contributed by atoms with Crippen molar-refractivity contribution in [1.29, 1.82) is 0 Å². The van der Waals surface area contributed by atoms with Crippen molar-refractivity contribution >= 4 is 0 Å². The quantitative estimate of drug-likeness (QED) is 0.858. The summed E-state index contributed by atoms with van der Waals surface area (Å²) in [5.41, 5.74) is 1.43. The number of rotatable bonds is 4.